The molecule has 0 amide bonds. The Balaban J connectivity index is 2.54. The Morgan fingerprint density at radius 3 is 1.77 bits per heavy atom. The SMILES string of the molecule is CCCCCC(C(=O)ON(CC)CC)(c1ccccc1)c1ccccc1. The molecular formula is C23H31NO2. The lowest BCUT2D eigenvalue weighted by atomic mass is 9.71. The Bertz CT molecular complexity index is 611. The maximum atomic E-state index is 13.5. The van der Waals surface area contributed by atoms with Crippen LogP contribution in [0.2, 0.25) is 0 Å². The third-order valence-electron chi connectivity index (χ3n) is 4.95. The molecule has 0 saturated heterocycles. The molecule has 0 saturated carbocycles. The molecule has 3 heteroatoms. The van der Waals surface area contributed by atoms with Gasteiger partial charge in [-0.2, -0.15) is 0 Å². The summed E-state index contributed by atoms with van der Waals surface area (Å²) in [4.78, 5) is 19.4. The van der Waals surface area contributed by atoms with E-state index in [2.05, 4.69) is 6.92 Å². The minimum Gasteiger partial charge on any atom is -0.367 e. The standard InChI is InChI=1S/C23H31NO2/c1-4-7-14-19-23(20-15-10-8-11-16-20,21-17-12-9-13-18-21)22(25)26-24(5-2)6-3/h8-13,15-18H,4-7,14,19H2,1-3H3. The van der Waals surface area contributed by atoms with Gasteiger partial charge in [0.05, 0.1) is 0 Å². The van der Waals surface area contributed by atoms with Crippen molar-refractivity contribution in [1.82, 2.24) is 5.06 Å². The Hall–Kier alpha value is -2.13. The first-order valence-corrected chi connectivity index (χ1v) is 9.77. The van der Waals surface area contributed by atoms with Crippen molar-refractivity contribution in [3.05, 3.63) is 71.8 Å². The van der Waals surface area contributed by atoms with Gasteiger partial charge in [0.1, 0.15) is 5.41 Å². The van der Waals surface area contributed by atoms with E-state index in [0.29, 0.717) is 13.1 Å². The second kappa shape index (κ2) is 10.1. The number of benzene rings is 2. The molecule has 0 aliphatic rings. The molecule has 2 aromatic carbocycles. The fraction of sp³-hybridized carbons (Fsp3) is 0.435. The van der Waals surface area contributed by atoms with Crippen LogP contribution in [0.3, 0.4) is 0 Å². The number of carbonyl (C=O) groups is 1. The summed E-state index contributed by atoms with van der Waals surface area (Å²) in [5, 5.41) is 1.72. The first kappa shape index (κ1) is 20.2. The molecular weight excluding hydrogens is 322 g/mol. The fourth-order valence-corrected chi connectivity index (χ4v) is 3.43. The highest BCUT2D eigenvalue weighted by atomic mass is 16.7. The van der Waals surface area contributed by atoms with Gasteiger partial charge in [0.15, 0.2) is 0 Å². The topological polar surface area (TPSA) is 29.5 Å². The van der Waals surface area contributed by atoms with E-state index in [4.69, 9.17) is 4.84 Å². The van der Waals surface area contributed by atoms with Gasteiger partial charge in [-0.3, -0.25) is 0 Å². The van der Waals surface area contributed by atoms with Crippen molar-refractivity contribution in [1.29, 1.82) is 0 Å². The predicted molar refractivity (Wildman–Crippen MR) is 107 cm³/mol. The third-order valence-corrected chi connectivity index (χ3v) is 4.95. The van der Waals surface area contributed by atoms with Crippen LogP contribution >= 0.6 is 0 Å². The minimum absolute atomic E-state index is 0.185. The van der Waals surface area contributed by atoms with Crippen LogP contribution in [0, 0.1) is 0 Å². The number of hydrogen-bond donors (Lipinski definition) is 0. The monoisotopic (exact) mass is 353 g/mol. The summed E-state index contributed by atoms with van der Waals surface area (Å²) >= 11 is 0. The van der Waals surface area contributed by atoms with Crippen LogP contribution in [0.5, 0.6) is 0 Å². The lowest BCUT2D eigenvalue weighted by molar-refractivity contribution is -0.194. The molecule has 0 fully saturated rings. The minimum atomic E-state index is -0.777. The van der Waals surface area contributed by atoms with Gasteiger partial charge in [-0.1, -0.05) is 86.8 Å². The number of nitrogens with zero attached hydrogens (tertiary/aromatic N) is 1. The Labute approximate surface area is 157 Å². The van der Waals surface area contributed by atoms with Crippen molar-refractivity contribution in [2.75, 3.05) is 13.1 Å². The molecule has 0 bridgehead atoms. The van der Waals surface area contributed by atoms with Crippen molar-refractivity contribution in [3.63, 3.8) is 0 Å². The molecule has 0 unspecified atom stereocenters. The van der Waals surface area contributed by atoms with Crippen LogP contribution in [0.25, 0.3) is 0 Å². The van der Waals surface area contributed by atoms with Gasteiger partial charge >= 0.3 is 5.97 Å². The van der Waals surface area contributed by atoms with Crippen molar-refractivity contribution in [2.45, 2.75) is 51.9 Å². The molecule has 0 atom stereocenters. The number of hydroxylamine groups is 2. The predicted octanol–water partition coefficient (Wildman–Crippen LogP) is 5.35. The summed E-state index contributed by atoms with van der Waals surface area (Å²) in [6.07, 6.45) is 3.94. The van der Waals surface area contributed by atoms with Crippen LogP contribution in [-0.4, -0.2) is 24.1 Å². The molecule has 3 nitrogen and oxygen atoms in total. The van der Waals surface area contributed by atoms with Crippen LogP contribution in [0.15, 0.2) is 60.7 Å². The Kier molecular flexibility index (Phi) is 7.86. The lowest BCUT2D eigenvalue weighted by Crippen LogP contribution is -2.42. The van der Waals surface area contributed by atoms with Crippen molar-refractivity contribution in [3.8, 4) is 0 Å². The highest BCUT2D eigenvalue weighted by molar-refractivity contribution is 5.87. The van der Waals surface area contributed by atoms with Crippen LogP contribution in [0.4, 0.5) is 0 Å². The summed E-state index contributed by atoms with van der Waals surface area (Å²) in [5.74, 6) is -0.185. The van der Waals surface area contributed by atoms with Crippen molar-refractivity contribution < 1.29 is 9.63 Å². The van der Waals surface area contributed by atoms with E-state index >= 15 is 0 Å². The van der Waals surface area contributed by atoms with Gasteiger partial charge in [-0.15, -0.1) is 5.06 Å². The maximum absolute atomic E-state index is 13.5. The van der Waals surface area contributed by atoms with E-state index < -0.39 is 5.41 Å². The highest BCUT2D eigenvalue weighted by Gasteiger charge is 2.43. The largest absolute Gasteiger partial charge is 0.367 e. The molecule has 0 aromatic heterocycles. The summed E-state index contributed by atoms with van der Waals surface area (Å²) in [5.41, 5.74) is 1.22. The van der Waals surface area contributed by atoms with Gasteiger partial charge < -0.3 is 4.84 Å². The zero-order valence-electron chi connectivity index (χ0n) is 16.3. The Morgan fingerprint density at radius 1 is 0.846 bits per heavy atom. The number of hydrogen-bond acceptors (Lipinski definition) is 3. The molecule has 2 aromatic rings. The quantitative estimate of drug-likeness (QED) is 0.426. The molecule has 0 aliphatic heterocycles. The average Bonchev–Trinajstić information content (AvgIpc) is 2.70. The molecule has 0 aliphatic carbocycles. The second-order valence-electron chi connectivity index (χ2n) is 6.59. The normalized spacial score (nSPS) is 11.5. The van der Waals surface area contributed by atoms with Gasteiger partial charge in [-0.25, -0.2) is 4.79 Å². The zero-order chi connectivity index (χ0) is 18.8. The van der Waals surface area contributed by atoms with Gasteiger partial charge in [0, 0.05) is 13.1 Å². The zero-order valence-corrected chi connectivity index (χ0v) is 16.3. The summed E-state index contributed by atoms with van der Waals surface area (Å²) in [6, 6.07) is 20.1. The van der Waals surface area contributed by atoms with E-state index in [1.165, 1.54) is 0 Å². The lowest BCUT2D eigenvalue weighted by Gasteiger charge is -2.34. The van der Waals surface area contributed by atoms with Crippen LogP contribution < -0.4 is 0 Å². The van der Waals surface area contributed by atoms with E-state index in [1.807, 2.05) is 74.5 Å². The molecule has 0 heterocycles. The third kappa shape index (κ3) is 4.53. The molecule has 0 N–H and O–H groups in total. The molecule has 26 heavy (non-hydrogen) atoms. The van der Waals surface area contributed by atoms with Crippen molar-refractivity contribution in [2.24, 2.45) is 0 Å². The van der Waals surface area contributed by atoms with E-state index in [1.54, 1.807) is 5.06 Å². The van der Waals surface area contributed by atoms with E-state index in [0.717, 1.165) is 36.8 Å². The van der Waals surface area contributed by atoms with Gasteiger partial charge in [0.2, 0.25) is 0 Å². The summed E-state index contributed by atoms with van der Waals surface area (Å²) in [7, 11) is 0. The number of carbonyl (C=O) groups excluding carboxylic acids is 1. The highest BCUT2D eigenvalue weighted by Crippen LogP contribution is 2.39. The average molecular weight is 354 g/mol. The van der Waals surface area contributed by atoms with Crippen molar-refractivity contribution >= 4 is 5.97 Å². The first-order valence-electron chi connectivity index (χ1n) is 9.77. The second-order valence-corrected chi connectivity index (χ2v) is 6.59. The van der Waals surface area contributed by atoms with E-state index in [9.17, 15) is 4.79 Å². The van der Waals surface area contributed by atoms with Gasteiger partial charge in [-0.05, 0) is 31.4 Å². The van der Waals surface area contributed by atoms with Crippen LogP contribution in [-0.2, 0) is 15.0 Å². The maximum Gasteiger partial charge on any atom is 0.339 e. The molecule has 0 radical (unpaired) electrons. The number of rotatable bonds is 10. The molecule has 0 spiro atoms. The van der Waals surface area contributed by atoms with Gasteiger partial charge in [0.25, 0.3) is 0 Å². The van der Waals surface area contributed by atoms with E-state index in [-0.39, 0.29) is 5.97 Å². The first-order chi connectivity index (χ1) is 12.7. The summed E-state index contributed by atoms with van der Waals surface area (Å²) in [6.45, 7) is 7.54. The summed E-state index contributed by atoms with van der Waals surface area (Å²) < 4.78 is 0. The number of unbranched alkanes of at least 4 members (excludes halogenated alkanes) is 2. The molecule has 2 rings (SSSR count). The Morgan fingerprint density at radius 2 is 1.35 bits per heavy atom. The smallest absolute Gasteiger partial charge is 0.339 e. The molecule has 140 valence electrons. The fourth-order valence-electron chi connectivity index (χ4n) is 3.43. The van der Waals surface area contributed by atoms with Crippen LogP contribution in [0.1, 0.15) is 57.6 Å².